The number of benzene rings is 4. The first-order valence-corrected chi connectivity index (χ1v) is 19.7. The molecule has 1 saturated heterocycles. The van der Waals surface area contributed by atoms with E-state index < -0.39 is 5.97 Å². The van der Waals surface area contributed by atoms with Crippen LogP contribution in [0, 0.1) is 5.41 Å². The Labute approximate surface area is 315 Å². The van der Waals surface area contributed by atoms with Crippen molar-refractivity contribution < 1.29 is 28.5 Å². The van der Waals surface area contributed by atoms with E-state index in [2.05, 4.69) is 50.4 Å². The summed E-state index contributed by atoms with van der Waals surface area (Å²) in [6.07, 6.45) is 11.3. The van der Waals surface area contributed by atoms with Gasteiger partial charge in [0.25, 0.3) is 5.91 Å². The SMILES string of the molecule is CCCCCCc1ccc(C(=O)Nc2ccc3c(c2)C(C)c2cc(OC(=O)c4ccc(OCCCCCCOCC5(CC)COC5)cc4)ccc2-3)cc1. The summed E-state index contributed by atoms with van der Waals surface area (Å²) in [6.45, 7) is 10.5. The van der Waals surface area contributed by atoms with Crippen LogP contribution in [-0.2, 0) is 15.9 Å². The second kappa shape index (κ2) is 18.5. The van der Waals surface area contributed by atoms with E-state index in [4.69, 9.17) is 18.9 Å². The molecule has 4 aromatic rings. The van der Waals surface area contributed by atoms with Crippen molar-refractivity contribution in [2.45, 2.75) is 90.9 Å². The first-order chi connectivity index (χ1) is 25.9. The number of fused-ring (bicyclic) bond motifs is 3. The Bertz CT molecular complexity index is 1810. The molecule has 1 amide bonds. The van der Waals surface area contributed by atoms with Gasteiger partial charge in [0.05, 0.1) is 32.0 Å². The lowest BCUT2D eigenvalue weighted by Crippen LogP contribution is -2.45. The average Bonchev–Trinajstić information content (AvgIpc) is 3.43. The van der Waals surface area contributed by atoms with E-state index >= 15 is 0 Å². The van der Waals surface area contributed by atoms with E-state index in [-0.39, 0.29) is 17.2 Å². The zero-order chi connectivity index (χ0) is 37.0. The molecule has 2 aliphatic rings. The van der Waals surface area contributed by atoms with Crippen molar-refractivity contribution >= 4 is 17.6 Å². The fourth-order valence-corrected chi connectivity index (χ4v) is 7.17. The van der Waals surface area contributed by atoms with E-state index in [0.29, 0.717) is 23.5 Å². The van der Waals surface area contributed by atoms with Crippen molar-refractivity contribution in [1.29, 1.82) is 0 Å². The minimum Gasteiger partial charge on any atom is -0.494 e. The van der Waals surface area contributed by atoms with Crippen molar-refractivity contribution in [3.05, 3.63) is 113 Å². The molecule has 1 unspecified atom stereocenters. The average molecular weight is 718 g/mol. The molecule has 0 aromatic heterocycles. The largest absolute Gasteiger partial charge is 0.494 e. The van der Waals surface area contributed by atoms with Gasteiger partial charge in [0.1, 0.15) is 11.5 Å². The zero-order valence-electron chi connectivity index (χ0n) is 31.7. The van der Waals surface area contributed by atoms with Crippen LogP contribution in [0.1, 0.15) is 122 Å². The van der Waals surface area contributed by atoms with Gasteiger partial charge in [-0.05, 0) is 127 Å². The Morgan fingerprint density at radius 1 is 0.736 bits per heavy atom. The standard InChI is InChI=1S/C46H55NO6/c1-4-6-7-10-13-34-14-16-35(17-15-34)44(48)47-37-20-24-40-41-25-23-39(29-43(41)33(3)42(40)28-37)53-45(49)36-18-21-38(22-19-36)52-27-12-9-8-11-26-50-30-46(5-2)31-51-32-46/h14-25,28-29,33H,4-13,26-27,30-32H2,1-3H3,(H,47,48). The van der Waals surface area contributed by atoms with Crippen molar-refractivity contribution in [2.75, 3.05) is 38.4 Å². The lowest BCUT2D eigenvalue weighted by molar-refractivity contribution is -0.150. The predicted molar refractivity (Wildman–Crippen MR) is 211 cm³/mol. The van der Waals surface area contributed by atoms with Gasteiger partial charge in [0.2, 0.25) is 0 Å². The quantitative estimate of drug-likeness (QED) is 0.0557. The number of nitrogens with one attached hydrogen (secondary N) is 1. The third-order valence-corrected chi connectivity index (χ3v) is 10.8. The summed E-state index contributed by atoms with van der Waals surface area (Å²) in [4.78, 5) is 26.1. The maximum atomic E-state index is 13.1. The van der Waals surface area contributed by atoms with Crippen molar-refractivity contribution in [3.8, 4) is 22.6 Å². The van der Waals surface area contributed by atoms with Gasteiger partial charge >= 0.3 is 5.97 Å². The third kappa shape index (κ3) is 9.95. The second-order valence-electron chi connectivity index (χ2n) is 14.8. The Morgan fingerprint density at radius 3 is 2.09 bits per heavy atom. The van der Waals surface area contributed by atoms with Gasteiger partial charge in [0, 0.05) is 29.2 Å². The van der Waals surface area contributed by atoms with Crippen LogP contribution in [0.5, 0.6) is 11.5 Å². The molecular weight excluding hydrogens is 663 g/mol. The third-order valence-electron chi connectivity index (χ3n) is 10.8. The van der Waals surface area contributed by atoms with Crippen LogP contribution in [0.3, 0.4) is 0 Å². The van der Waals surface area contributed by atoms with Crippen LogP contribution in [0.25, 0.3) is 11.1 Å². The summed E-state index contributed by atoms with van der Waals surface area (Å²) >= 11 is 0. The van der Waals surface area contributed by atoms with Gasteiger partial charge in [-0.2, -0.15) is 0 Å². The predicted octanol–water partition coefficient (Wildman–Crippen LogP) is 10.8. The molecule has 1 fully saturated rings. The summed E-state index contributed by atoms with van der Waals surface area (Å²) in [5, 5.41) is 3.08. The molecule has 0 radical (unpaired) electrons. The van der Waals surface area contributed by atoms with Gasteiger partial charge in [-0.1, -0.05) is 70.7 Å². The van der Waals surface area contributed by atoms with E-state index in [1.165, 1.54) is 31.2 Å². The van der Waals surface area contributed by atoms with Gasteiger partial charge < -0.3 is 24.3 Å². The van der Waals surface area contributed by atoms with E-state index in [9.17, 15) is 9.59 Å². The maximum Gasteiger partial charge on any atom is 0.343 e. The Kier molecular flexibility index (Phi) is 13.4. The van der Waals surface area contributed by atoms with Crippen LogP contribution >= 0.6 is 0 Å². The summed E-state index contributed by atoms with van der Waals surface area (Å²) in [5.41, 5.74) is 7.86. The Hall–Kier alpha value is -4.46. The summed E-state index contributed by atoms with van der Waals surface area (Å²) < 4.78 is 23.0. The zero-order valence-corrected chi connectivity index (χ0v) is 31.7. The van der Waals surface area contributed by atoms with E-state index in [0.717, 1.165) is 98.6 Å². The number of rotatable bonds is 20. The number of anilines is 1. The number of unbranched alkanes of at least 4 members (excludes halogenated alkanes) is 6. The minimum absolute atomic E-state index is 0.0769. The second-order valence-corrected chi connectivity index (χ2v) is 14.8. The Balaban J connectivity index is 0.937. The van der Waals surface area contributed by atoms with E-state index in [1.54, 1.807) is 12.1 Å². The lowest BCUT2D eigenvalue weighted by atomic mass is 9.84. The molecule has 1 atom stereocenters. The highest BCUT2D eigenvalue weighted by molar-refractivity contribution is 6.04. The number of esters is 1. The maximum absolute atomic E-state index is 13.1. The van der Waals surface area contributed by atoms with Gasteiger partial charge in [-0.25, -0.2) is 4.79 Å². The smallest absolute Gasteiger partial charge is 0.343 e. The molecule has 280 valence electrons. The van der Waals surface area contributed by atoms with Gasteiger partial charge in [0.15, 0.2) is 0 Å². The molecule has 1 aliphatic heterocycles. The molecule has 7 nitrogen and oxygen atoms in total. The summed E-state index contributed by atoms with van der Waals surface area (Å²) in [5.74, 6) is 0.790. The molecule has 4 aromatic carbocycles. The lowest BCUT2D eigenvalue weighted by Gasteiger charge is -2.40. The van der Waals surface area contributed by atoms with Gasteiger partial charge in [-0.15, -0.1) is 0 Å². The summed E-state index contributed by atoms with van der Waals surface area (Å²) in [6, 6.07) is 27.0. The molecule has 0 saturated carbocycles. The molecule has 0 spiro atoms. The monoisotopic (exact) mass is 717 g/mol. The van der Waals surface area contributed by atoms with Crippen molar-refractivity contribution in [3.63, 3.8) is 0 Å². The van der Waals surface area contributed by atoms with Crippen LogP contribution < -0.4 is 14.8 Å². The molecule has 6 rings (SSSR count). The van der Waals surface area contributed by atoms with Crippen LogP contribution in [0.15, 0.2) is 84.9 Å². The molecule has 1 N–H and O–H groups in total. The van der Waals surface area contributed by atoms with Gasteiger partial charge in [-0.3, -0.25) is 4.79 Å². The molecule has 7 heteroatoms. The van der Waals surface area contributed by atoms with Crippen LogP contribution in [0.4, 0.5) is 5.69 Å². The number of amides is 1. The van der Waals surface area contributed by atoms with Crippen molar-refractivity contribution in [2.24, 2.45) is 5.41 Å². The number of ether oxygens (including phenoxy) is 4. The first-order valence-electron chi connectivity index (χ1n) is 19.7. The summed E-state index contributed by atoms with van der Waals surface area (Å²) in [7, 11) is 0. The number of carbonyl (C=O) groups is 2. The highest BCUT2D eigenvalue weighted by Crippen LogP contribution is 2.46. The normalized spacial score (nSPS) is 15.3. The molecule has 1 heterocycles. The molecule has 0 bridgehead atoms. The fraction of sp³-hybridized carbons (Fsp3) is 0.435. The topological polar surface area (TPSA) is 83.1 Å². The number of hydrogen-bond donors (Lipinski definition) is 1. The highest BCUT2D eigenvalue weighted by Gasteiger charge is 2.36. The Morgan fingerprint density at radius 2 is 1.40 bits per heavy atom. The number of aryl methyl sites for hydroxylation is 1. The number of hydrogen-bond acceptors (Lipinski definition) is 6. The molecule has 1 aliphatic carbocycles. The highest BCUT2D eigenvalue weighted by atomic mass is 16.5. The molecular formula is C46H55NO6. The number of carbonyl (C=O) groups excluding carboxylic acids is 2. The van der Waals surface area contributed by atoms with Crippen molar-refractivity contribution in [1.82, 2.24) is 0 Å². The minimum atomic E-state index is -0.411. The van der Waals surface area contributed by atoms with Crippen LogP contribution in [0.2, 0.25) is 0 Å². The van der Waals surface area contributed by atoms with Crippen LogP contribution in [-0.4, -0.2) is 44.9 Å². The fourth-order valence-electron chi connectivity index (χ4n) is 7.17. The first kappa shape index (κ1) is 38.3. The molecule has 53 heavy (non-hydrogen) atoms. The van der Waals surface area contributed by atoms with E-state index in [1.807, 2.05) is 48.5 Å².